The van der Waals surface area contributed by atoms with E-state index >= 15 is 0 Å². The first-order valence-corrected chi connectivity index (χ1v) is 6.53. The Kier molecular flexibility index (Phi) is 4.24. The average Bonchev–Trinajstić information content (AvgIpc) is 2.54. The minimum Gasteiger partial charge on any atom is -0.316 e. The lowest BCUT2D eigenvalue weighted by molar-refractivity contribution is -0.401. The molecule has 24 heavy (non-hydrogen) atoms. The number of amides is 4. The summed E-state index contributed by atoms with van der Waals surface area (Å²) in [5.74, 6) is -2.15. The van der Waals surface area contributed by atoms with E-state index in [0.29, 0.717) is 0 Å². The zero-order chi connectivity index (χ0) is 18.2. The smallest absolute Gasteiger partial charge is 0.316 e. The van der Waals surface area contributed by atoms with Crippen LogP contribution in [0.5, 0.6) is 0 Å². The molecule has 0 radical (unpaired) electrons. The van der Waals surface area contributed by atoms with Gasteiger partial charge < -0.3 is 5.73 Å². The van der Waals surface area contributed by atoms with Gasteiger partial charge in [-0.05, 0) is 24.3 Å². The summed E-state index contributed by atoms with van der Waals surface area (Å²) in [6.07, 6.45) is -4.53. The molecular weight excluding hydrogens is 329 g/mol. The van der Waals surface area contributed by atoms with Crippen LogP contribution in [0.15, 0.2) is 29.3 Å². The minimum atomic E-state index is -4.53. The second-order valence-corrected chi connectivity index (χ2v) is 4.93. The van der Waals surface area contributed by atoms with Crippen LogP contribution < -0.4 is 5.73 Å². The zero-order valence-corrected chi connectivity index (χ0v) is 12.6. The summed E-state index contributed by atoms with van der Waals surface area (Å²) in [4.78, 5) is 40.0. The number of aliphatic imine (C=N–C) groups is 1. The van der Waals surface area contributed by atoms with E-state index in [9.17, 15) is 27.6 Å². The van der Waals surface area contributed by atoms with Crippen molar-refractivity contribution < 1.29 is 32.1 Å². The lowest BCUT2D eigenvalue weighted by Crippen LogP contribution is -2.55. The van der Waals surface area contributed by atoms with Gasteiger partial charge in [0.1, 0.15) is 0 Å². The van der Waals surface area contributed by atoms with E-state index in [-0.39, 0.29) is 11.4 Å². The Morgan fingerprint density at radius 3 is 2.25 bits per heavy atom. The van der Waals surface area contributed by atoms with Crippen molar-refractivity contribution in [1.82, 2.24) is 4.90 Å². The maximum Gasteiger partial charge on any atom is 0.445 e. The number of halogens is 3. The van der Waals surface area contributed by atoms with Crippen LogP contribution in [0.2, 0.25) is 0 Å². The molecule has 0 atom stereocenters. The Labute approximate surface area is 133 Å². The van der Waals surface area contributed by atoms with Crippen LogP contribution in [-0.2, 0) is 11.0 Å². The number of alkyl halides is 3. The molecule has 126 valence electrons. The van der Waals surface area contributed by atoms with Crippen LogP contribution in [0.4, 0.5) is 18.0 Å². The highest BCUT2D eigenvalue weighted by Crippen LogP contribution is 2.29. The lowest BCUT2D eigenvalue weighted by Gasteiger charge is -2.17. The van der Waals surface area contributed by atoms with Gasteiger partial charge in [-0.25, -0.2) is 9.59 Å². The van der Waals surface area contributed by atoms with Crippen molar-refractivity contribution in [3.05, 3.63) is 35.4 Å². The summed E-state index contributed by atoms with van der Waals surface area (Å²) in [6, 6.07) is 2.64. The van der Waals surface area contributed by atoms with Crippen LogP contribution in [-0.4, -0.2) is 53.0 Å². The van der Waals surface area contributed by atoms with Gasteiger partial charge in [0.15, 0.2) is 0 Å². The predicted octanol–water partition coefficient (Wildman–Crippen LogP) is 0.878. The number of nitrogens with zero attached hydrogens (tertiary/aromatic N) is 3. The molecule has 0 aliphatic carbocycles. The van der Waals surface area contributed by atoms with Crippen molar-refractivity contribution >= 4 is 29.4 Å². The molecule has 0 fully saturated rings. The number of hydrogen-bond donors (Lipinski definition) is 1. The fourth-order valence-corrected chi connectivity index (χ4v) is 1.92. The second-order valence-electron chi connectivity index (χ2n) is 4.93. The molecule has 0 aromatic heterocycles. The molecule has 0 saturated heterocycles. The highest BCUT2D eigenvalue weighted by Gasteiger charge is 2.40. The van der Waals surface area contributed by atoms with Crippen LogP contribution in [0.1, 0.15) is 15.9 Å². The molecule has 1 aromatic carbocycles. The van der Waals surface area contributed by atoms with Crippen molar-refractivity contribution in [2.75, 3.05) is 14.1 Å². The highest BCUT2D eigenvalue weighted by atomic mass is 19.4. The summed E-state index contributed by atoms with van der Waals surface area (Å²) in [5, 5.41) is 0. The van der Waals surface area contributed by atoms with Gasteiger partial charge in [0.25, 0.3) is 11.7 Å². The molecule has 2 N–H and O–H groups in total. The third-order valence-corrected chi connectivity index (χ3v) is 3.36. The van der Waals surface area contributed by atoms with E-state index in [2.05, 4.69) is 4.99 Å². The Balaban J connectivity index is 2.39. The number of benzene rings is 1. The van der Waals surface area contributed by atoms with Gasteiger partial charge in [0, 0.05) is 5.56 Å². The largest absolute Gasteiger partial charge is 0.445 e. The average molecular weight is 341 g/mol. The van der Waals surface area contributed by atoms with Gasteiger partial charge in [-0.3, -0.25) is 4.79 Å². The number of carbonyl (C=O) groups excluding carboxylic acids is 3. The number of carbonyl (C=O) groups is 3. The third-order valence-electron chi connectivity index (χ3n) is 3.36. The SMILES string of the molecule is CN1C(=O)C(=NC(=O)c2ccc(C(F)(F)F)cc2)C(N)=[N+](C)C1=O. The number of hydrogen-bond acceptors (Lipinski definition) is 4. The Morgan fingerprint density at radius 2 is 1.75 bits per heavy atom. The Hall–Kier alpha value is -3.04. The fraction of sp³-hybridized carbons (Fsp3) is 0.214. The van der Waals surface area contributed by atoms with Gasteiger partial charge in [-0.1, -0.05) is 0 Å². The van der Waals surface area contributed by atoms with Crippen LogP contribution >= 0.6 is 0 Å². The van der Waals surface area contributed by atoms with E-state index in [1.165, 1.54) is 14.1 Å². The van der Waals surface area contributed by atoms with Crippen LogP contribution in [0.25, 0.3) is 0 Å². The molecule has 4 amide bonds. The maximum absolute atomic E-state index is 12.5. The molecule has 1 aliphatic heterocycles. The summed E-state index contributed by atoms with van der Waals surface area (Å²) in [5.41, 5.74) is 4.09. The topological polar surface area (TPSA) is 95.8 Å². The normalized spacial score (nSPS) is 17.7. The molecule has 1 heterocycles. The van der Waals surface area contributed by atoms with Gasteiger partial charge in [0.05, 0.1) is 19.7 Å². The van der Waals surface area contributed by atoms with E-state index in [1.807, 2.05) is 0 Å². The molecule has 2 rings (SSSR count). The van der Waals surface area contributed by atoms with Gasteiger partial charge >= 0.3 is 18.1 Å². The van der Waals surface area contributed by atoms with Crippen molar-refractivity contribution in [3.8, 4) is 0 Å². The van der Waals surface area contributed by atoms with Crippen molar-refractivity contribution in [2.24, 2.45) is 10.7 Å². The van der Waals surface area contributed by atoms with E-state index in [0.717, 1.165) is 33.7 Å². The monoisotopic (exact) mass is 341 g/mol. The number of rotatable bonds is 1. The lowest BCUT2D eigenvalue weighted by atomic mass is 10.1. The number of nitrogens with two attached hydrogens (primary N) is 1. The number of imide groups is 1. The van der Waals surface area contributed by atoms with E-state index in [1.54, 1.807) is 0 Å². The van der Waals surface area contributed by atoms with Gasteiger partial charge in [-0.15, -0.1) is 0 Å². The molecule has 1 aromatic rings. The first-order chi connectivity index (χ1) is 11.0. The zero-order valence-electron chi connectivity index (χ0n) is 12.6. The molecule has 0 bridgehead atoms. The third kappa shape index (κ3) is 3.03. The first kappa shape index (κ1) is 17.3. The Bertz CT molecular complexity index is 794. The van der Waals surface area contributed by atoms with E-state index < -0.39 is 35.3 Å². The molecular formula is C14H12F3N4O3+. The second kappa shape index (κ2) is 5.87. The number of amidine groups is 1. The first-order valence-electron chi connectivity index (χ1n) is 6.53. The summed E-state index contributed by atoms with van der Waals surface area (Å²) in [7, 11) is 2.48. The molecule has 0 unspecified atom stereocenters. The minimum absolute atomic E-state index is 0.154. The molecule has 1 aliphatic rings. The summed E-state index contributed by atoms with van der Waals surface area (Å²) in [6.45, 7) is 0. The standard InChI is InChI=1S/C14H11F3N4O3/c1-20-10(18)9(12(23)21(2)13(20)24)19-11(22)7-3-5-8(6-4-7)14(15,16)17/h3-6,18H,1-2H3/p+1. The van der Waals surface area contributed by atoms with Crippen molar-refractivity contribution in [3.63, 3.8) is 0 Å². The highest BCUT2D eigenvalue weighted by molar-refractivity contribution is 6.67. The molecule has 7 nitrogen and oxygen atoms in total. The van der Waals surface area contributed by atoms with Crippen LogP contribution in [0, 0.1) is 0 Å². The maximum atomic E-state index is 12.5. The van der Waals surface area contributed by atoms with Crippen molar-refractivity contribution in [1.29, 1.82) is 0 Å². The van der Waals surface area contributed by atoms with Gasteiger partial charge in [-0.2, -0.15) is 27.6 Å². The van der Waals surface area contributed by atoms with E-state index in [4.69, 9.17) is 5.73 Å². The van der Waals surface area contributed by atoms with Crippen LogP contribution in [0.3, 0.4) is 0 Å². The predicted molar refractivity (Wildman–Crippen MR) is 76.8 cm³/mol. The quantitative estimate of drug-likeness (QED) is 0.767. The summed E-state index contributed by atoms with van der Waals surface area (Å²) >= 11 is 0. The fourth-order valence-electron chi connectivity index (χ4n) is 1.92. The molecule has 10 heteroatoms. The van der Waals surface area contributed by atoms with Crippen molar-refractivity contribution in [2.45, 2.75) is 6.18 Å². The Morgan fingerprint density at radius 1 is 1.21 bits per heavy atom. The summed E-state index contributed by atoms with van der Waals surface area (Å²) < 4.78 is 38.4. The number of urea groups is 1. The van der Waals surface area contributed by atoms with Gasteiger partial charge in [0.2, 0.25) is 5.71 Å². The molecule has 0 saturated carbocycles. The molecule has 0 spiro atoms.